The summed E-state index contributed by atoms with van der Waals surface area (Å²) in [4.78, 5) is 29.3. The fourth-order valence-corrected chi connectivity index (χ4v) is 3.83. The molecular formula is C20H29N3O4. The molecule has 2 aliphatic rings. The SMILES string of the molecule is COc1cccc(CC(=O)N2CCN(C(=O)C3(CN)CCOCC3)CC2)c1. The second-order valence-electron chi connectivity index (χ2n) is 7.30. The van der Waals surface area contributed by atoms with Crippen molar-refractivity contribution in [2.45, 2.75) is 19.3 Å². The first-order valence-electron chi connectivity index (χ1n) is 9.56. The fraction of sp³-hybridized carbons (Fsp3) is 0.600. The fourth-order valence-electron chi connectivity index (χ4n) is 3.83. The molecule has 2 aliphatic heterocycles. The number of rotatable bonds is 5. The zero-order chi connectivity index (χ0) is 19.3. The summed E-state index contributed by atoms with van der Waals surface area (Å²) < 4.78 is 10.6. The molecule has 0 aliphatic carbocycles. The van der Waals surface area contributed by atoms with Gasteiger partial charge in [-0.15, -0.1) is 0 Å². The maximum atomic E-state index is 13.0. The van der Waals surface area contributed by atoms with Crippen LogP contribution in [0.2, 0.25) is 0 Å². The number of hydrogen-bond acceptors (Lipinski definition) is 5. The van der Waals surface area contributed by atoms with Gasteiger partial charge in [-0.1, -0.05) is 12.1 Å². The molecule has 0 aromatic heterocycles. The standard InChI is InChI=1S/C20H29N3O4/c1-26-17-4-2-3-16(13-17)14-18(24)22-7-9-23(10-8-22)19(25)20(15-21)5-11-27-12-6-20/h2-4,13H,5-12,14-15,21H2,1H3. The Bertz CT molecular complexity index is 665. The molecule has 2 amide bonds. The number of nitrogens with two attached hydrogens (primary N) is 1. The smallest absolute Gasteiger partial charge is 0.230 e. The Kier molecular flexibility index (Phi) is 6.34. The van der Waals surface area contributed by atoms with Gasteiger partial charge in [0.1, 0.15) is 5.75 Å². The van der Waals surface area contributed by atoms with E-state index in [0.717, 1.165) is 11.3 Å². The van der Waals surface area contributed by atoms with Gasteiger partial charge in [-0.3, -0.25) is 9.59 Å². The maximum Gasteiger partial charge on any atom is 0.230 e. The molecule has 1 aromatic carbocycles. The van der Waals surface area contributed by atoms with Crippen LogP contribution in [0, 0.1) is 5.41 Å². The predicted molar refractivity (Wildman–Crippen MR) is 101 cm³/mol. The molecule has 0 bridgehead atoms. The van der Waals surface area contributed by atoms with Crippen molar-refractivity contribution in [2.24, 2.45) is 11.1 Å². The molecule has 2 fully saturated rings. The topological polar surface area (TPSA) is 85.1 Å². The summed E-state index contributed by atoms with van der Waals surface area (Å²) in [6, 6.07) is 7.56. The van der Waals surface area contributed by atoms with Gasteiger partial charge in [0.2, 0.25) is 11.8 Å². The van der Waals surface area contributed by atoms with Crippen LogP contribution in [0.15, 0.2) is 24.3 Å². The monoisotopic (exact) mass is 375 g/mol. The van der Waals surface area contributed by atoms with E-state index in [4.69, 9.17) is 15.2 Å². The largest absolute Gasteiger partial charge is 0.497 e. The number of carbonyl (C=O) groups excluding carboxylic acids is 2. The summed E-state index contributed by atoms with van der Waals surface area (Å²) >= 11 is 0. The van der Waals surface area contributed by atoms with Crippen LogP contribution in [-0.4, -0.2) is 74.7 Å². The second kappa shape index (κ2) is 8.71. The Balaban J connectivity index is 1.54. The molecule has 0 spiro atoms. The van der Waals surface area contributed by atoms with Gasteiger partial charge < -0.3 is 25.0 Å². The maximum absolute atomic E-state index is 13.0. The molecular weight excluding hydrogens is 346 g/mol. The van der Waals surface area contributed by atoms with Crippen molar-refractivity contribution in [1.29, 1.82) is 0 Å². The van der Waals surface area contributed by atoms with E-state index >= 15 is 0 Å². The quantitative estimate of drug-likeness (QED) is 0.817. The summed E-state index contributed by atoms with van der Waals surface area (Å²) in [5.74, 6) is 0.947. The highest BCUT2D eigenvalue weighted by Crippen LogP contribution is 2.32. The average Bonchev–Trinajstić information content (AvgIpc) is 2.74. The number of hydrogen-bond donors (Lipinski definition) is 1. The molecule has 7 heteroatoms. The van der Waals surface area contributed by atoms with Gasteiger partial charge in [0.25, 0.3) is 0 Å². The highest BCUT2D eigenvalue weighted by Gasteiger charge is 2.42. The molecule has 0 atom stereocenters. The first kappa shape index (κ1) is 19.6. The molecule has 0 unspecified atom stereocenters. The molecule has 2 N–H and O–H groups in total. The molecule has 2 heterocycles. The van der Waals surface area contributed by atoms with E-state index in [1.807, 2.05) is 34.1 Å². The van der Waals surface area contributed by atoms with Gasteiger partial charge in [-0.05, 0) is 30.5 Å². The number of piperazine rings is 1. The van der Waals surface area contributed by atoms with Gasteiger partial charge in [0, 0.05) is 45.9 Å². The van der Waals surface area contributed by atoms with Crippen LogP contribution in [0.3, 0.4) is 0 Å². The van der Waals surface area contributed by atoms with Crippen LogP contribution in [0.4, 0.5) is 0 Å². The lowest BCUT2D eigenvalue weighted by Crippen LogP contribution is -2.57. The molecule has 27 heavy (non-hydrogen) atoms. The van der Waals surface area contributed by atoms with Crippen molar-refractivity contribution in [3.63, 3.8) is 0 Å². The zero-order valence-corrected chi connectivity index (χ0v) is 16.0. The number of amides is 2. The summed E-state index contributed by atoms with van der Waals surface area (Å²) in [5.41, 5.74) is 6.39. The van der Waals surface area contributed by atoms with Crippen molar-refractivity contribution >= 4 is 11.8 Å². The molecule has 2 saturated heterocycles. The number of benzene rings is 1. The van der Waals surface area contributed by atoms with Gasteiger partial charge in [-0.25, -0.2) is 0 Å². The van der Waals surface area contributed by atoms with Crippen LogP contribution in [0.5, 0.6) is 5.75 Å². The van der Waals surface area contributed by atoms with Crippen molar-refractivity contribution in [1.82, 2.24) is 9.80 Å². The summed E-state index contributed by atoms with van der Waals surface area (Å²) in [5, 5.41) is 0. The van der Waals surface area contributed by atoms with E-state index in [-0.39, 0.29) is 11.8 Å². The molecule has 148 valence electrons. The van der Waals surface area contributed by atoms with Crippen LogP contribution in [0.25, 0.3) is 0 Å². The van der Waals surface area contributed by atoms with Crippen molar-refractivity contribution in [3.05, 3.63) is 29.8 Å². The molecule has 3 rings (SSSR count). The second-order valence-corrected chi connectivity index (χ2v) is 7.30. The van der Waals surface area contributed by atoms with Crippen molar-refractivity contribution in [3.8, 4) is 5.75 Å². The average molecular weight is 375 g/mol. The van der Waals surface area contributed by atoms with E-state index in [1.54, 1.807) is 7.11 Å². The van der Waals surface area contributed by atoms with Crippen LogP contribution in [-0.2, 0) is 20.7 Å². The van der Waals surface area contributed by atoms with E-state index < -0.39 is 5.41 Å². The Morgan fingerprint density at radius 1 is 1.15 bits per heavy atom. The highest BCUT2D eigenvalue weighted by atomic mass is 16.5. The molecule has 1 aromatic rings. The number of carbonyl (C=O) groups is 2. The Labute approximate surface area is 160 Å². The summed E-state index contributed by atoms with van der Waals surface area (Å²) in [7, 11) is 1.61. The predicted octanol–water partition coefficient (Wildman–Crippen LogP) is 0.664. The minimum absolute atomic E-state index is 0.0787. The minimum Gasteiger partial charge on any atom is -0.497 e. The van der Waals surface area contributed by atoms with Gasteiger partial charge in [0.05, 0.1) is 18.9 Å². The zero-order valence-electron chi connectivity index (χ0n) is 16.0. The van der Waals surface area contributed by atoms with E-state index in [0.29, 0.717) is 65.2 Å². The minimum atomic E-state index is -0.495. The van der Waals surface area contributed by atoms with E-state index in [1.165, 1.54) is 0 Å². The lowest BCUT2D eigenvalue weighted by Gasteiger charge is -2.42. The van der Waals surface area contributed by atoms with Crippen molar-refractivity contribution < 1.29 is 19.1 Å². The number of nitrogens with zero attached hydrogens (tertiary/aromatic N) is 2. The van der Waals surface area contributed by atoms with Crippen molar-refractivity contribution in [2.75, 3.05) is 53.0 Å². The van der Waals surface area contributed by atoms with E-state index in [9.17, 15) is 9.59 Å². The normalized spacial score (nSPS) is 19.6. The lowest BCUT2D eigenvalue weighted by molar-refractivity contribution is -0.151. The number of methoxy groups -OCH3 is 1. The molecule has 0 radical (unpaired) electrons. The first-order valence-corrected chi connectivity index (χ1v) is 9.56. The van der Waals surface area contributed by atoms with Crippen LogP contribution >= 0.6 is 0 Å². The molecule has 7 nitrogen and oxygen atoms in total. The van der Waals surface area contributed by atoms with Gasteiger partial charge in [-0.2, -0.15) is 0 Å². The van der Waals surface area contributed by atoms with E-state index in [2.05, 4.69) is 0 Å². The number of ether oxygens (including phenoxy) is 2. The summed E-state index contributed by atoms with van der Waals surface area (Å²) in [6.07, 6.45) is 1.70. The third kappa shape index (κ3) is 4.42. The molecule has 0 saturated carbocycles. The third-order valence-electron chi connectivity index (χ3n) is 5.70. The summed E-state index contributed by atoms with van der Waals surface area (Å²) in [6.45, 7) is 3.77. The highest BCUT2D eigenvalue weighted by molar-refractivity contribution is 5.84. The first-order chi connectivity index (χ1) is 13.1. The van der Waals surface area contributed by atoms with Crippen LogP contribution < -0.4 is 10.5 Å². The Hall–Kier alpha value is -2.12. The lowest BCUT2D eigenvalue weighted by atomic mass is 9.78. The van der Waals surface area contributed by atoms with Gasteiger partial charge in [0.15, 0.2) is 0 Å². The Morgan fingerprint density at radius 2 is 1.81 bits per heavy atom. The Morgan fingerprint density at radius 3 is 2.44 bits per heavy atom. The van der Waals surface area contributed by atoms with Gasteiger partial charge >= 0.3 is 0 Å². The third-order valence-corrected chi connectivity index (χ3v) is 5.70. The van der Waals surface area contributed by atoms with Crippen LogP contribution in [0.1, 0.15) is 18.4 Å².